The second-order valence-electron chi connectivity index (χ2n) is 5.56. The van der Waals surface area contributed by atoms with Crippen molar-refractivity contribution < 1.29 is 4.74 Å². The lowest BCUT2D eigenvalue weighted by atomic mass is 10.1. The van der Waals surface area contributed by atoms with Gasteiger partial charge in [0.25, 0.3) is 0 Å². The van der Waals surface area contributed by atoms with Crippen LogP contribution < -0.4 is 5.73 Å². The van der Waals surface area contributed by atoms with Gasteiger partial charge in [0.1, 0.15) is 5.82 Å². The molecule has 1 aromatic carbocycles. The Hall–Kier alpha value is -1.94. The number of ether oxygens (including phenoxy) is 1. The zero-order chi connectivity index (χ0) is 13.5. The summed E-state index contributed by atoms with van der Waals surface area (Å²) in [7, 11) is 0. The van der Waals surface area contributed by atoms with Gasteiger partial charge in [0, 0.05) is 17.5 Å². The minimum absolute atomic E-state index is 0.530. The van der Waals surface area contributed by atoms with E-state index < -0.39 is 0 Å². The Labute approximate surface area is 118 Å². The minimum Gasteiger partial charge on any atom is -0.383 e. The van der Waals surface area contributed by atoms with Crippen molar-refractivity contribution in [3.63, 3.8) is 0 Å². The van der Waals surface area contributed by atoms with Crippen molar-refractivity contribution in [2.75, 3.05) is 12.3 Å². The number of nitrogens with zero attached hydrogens (tertiary/aromatic N) is 2. The summed E-state index contributed by atoms with van der Waals surface area (Å²) in [6.07, 6.45) is 3.46. The highest BCUT2D eigenvalue weighted by Gasteiger charge is 2.23. The Morgan fingerprint density at radius 2 is 1.90 bits per heavy atom. The van der Waals surface area contributed by atoms with E-state index in [2.05, 4.69) is 34.2 Å². The predicted molar refractivity (Wildman–Crippen MR) is 77.2 cm³/mol. The number of fused-ring (bicyclic) bond motifs is 1. The number of aromatic nitrogens is 2. The molecule has 0 amide bonds. The van der Waals surface area contributed by atoms with Crippen molar-refractivity contribution in [1.82, 2.24) is 9.97 Å². The minimum atomic E-state index is 0.530. The van der Waals surface area contributed by atoms with Crippen LogP contribution in [0, 0.1) is 0 Å². The molecule has 102 valence electrons. The standard InChI is InChI=1S/C16H17N3O/c17-15-13-9-20-8-7-14(13)18-16(19-15)12-5-3-11(4-6-12)10-1-2-10/h3-6,10H,1-2,7-9H2,(H2,17,18,19). The fourth-order valence-corrected chi connectivity index (χ4v) is 2.71. The maximum absolute atomic E-state index is 6.04. The monoisotopic (exact) mass is 267 g/mol. The van der Waals surface area contributed by atoms with Gasteiger partial charge in [-0.3, -0.25) is 0 Å². The van der Waals surface area contributed by atoms with E-state index in [1.165, 1.54) is 18.4 Å². The average molecular weight is 267 g/mol. The Bertz CT molecular complexity index is 648. The summed E-state index contributed by atoms with van der Waals surface area (Å²) in [5.74, 6) is 2.05. The van der Waals surface area contributed by atoms with Gasteiger partial charge in [0.15, 0.2) is 5.82 Å². The van der Waals surface area contributed by atoms with Crippen LogP contribution in [-0.4, -0.2) is 16.6 Å². The third-order valence-electron chi connectivity index (χ3n) is 4.07. The van der Waals surface area contributed by atoms with Crippen molar-refractivity contribution in [2.24, 2.45) is 0 Å². The second kappa shape index (κ2) is 4.56. The zero-order valence-corrected chi connectivity index (χ0v) is 11.3. The van der Waals surface area contributed by atoms with Gasteiger partial charge in [-0.05, 0) is 24.3 Å². The van der Waals surface area contributed by atoms with Crippen molar-refractivity contribution in [3.05, 3.63) is 41.1 Å². The molecule has 4 rings (SSSR count). The van der Waals surface area contributed by atoms with E-state index in [9.17, 15) is 0 Å². The molecular weight excluding hydrogens is 250 g/mol. The Balaban J connectivity index is 1.72. The third kappa shape index (κ3) is 2.06. The first kappa shape index (κ1) is 11.9. The Morgan fingerprint density at radius 3 is 2.65 bits per heavy atom. The summed E-state index contributed by atoms with van der Waals surface area (Å²) in [6, 6.07) is 8.59. The highest BCUT2D eigenvalue weighted by molar-refractivity contribution is 5.59. The van der Waals surface area contributed by atoms with Gasteiger partial charge in [0.05, 0.1) is 18.9 Å². The Kier molecular flexibility index (Phi) is 2.70. The topological polar surface area (TPSA) is 61.0 Å². The molecular formula is C16H17N3O. The summed E-state index contributed by atoms with van der Waals surface area (Å²) in [5, 5.41) is 0. The molecule has 1 aliphatic carbocycles. The van der Waals surface area contributed by atoms with Gasteiger partial charge in [-0.25, -0.2) is 9.97 Å². The normalized spacial score (nSPS) is 17.8. The van der Waals surface area contributed by atoms with Crippen molar-refractivity contribution in [2.45, 2.75) is 31.8 Å². The lowest BCUT2D eigenvalue weighted by Crippen LogP contribution is -2.16. The zero-order valence-electron chi connectivity index (χ0n) is 11.3. The molecule has 2 aliphatic rings. The smallest absolute Gasteiger partial charge is 0.161 e. The van der Waals surface area contributed by atoms with E-state index in [-0.39, 0.29) is 0 Å². The van der Waals surface area contributed by atoms with Gasteiger partial charge in [0.2, 0.25) is 0 Å². The van der Waals surface area contributed by atoms with Gasteiger partial charge in [-0.2, -0.15) is 0 Å². The summed E-state index contributed by atoms with van der Waals surface area (Å²) in [6.45, 7) is 1.24. The summed E-state index contributed by atoms with van der Waals surface area (Å²) < 4.78 is 5.41. The van der Waals surface area contributed by atoms with Crippen LogP contribution in [0.5, 0.6) is 0 Å². The predicted octanol–water partition coefficient (Wildman–Crippen LogP) is 2.68. The lowest BCUT2D eigenvalue weighted by Gasteiger charge is -2.17. The molecule has 0 bridgehead atoms. The first-order chi connectivity index (χ1) is 9.81. The summed E-state index contributed by atoms with van der Waals surface area (Å²) in [4.78, 5) is 9.10. The SMILES string of the molecule is Nc1nc(-c2ccc(C3CC3)cc2)nc2c1COCC2. The molecule has 4 heteroatoms. The molecule has 1 saturated carbocycles. The average Bonchev–Trinajstić information content (AvgIpc) is 3.32. The fourth-order valence-electron chi connectivity index (χ4n) is 2.71. The van der Waals surface area contributed by atoms with E-state index >= 15 is 0 Å². The van der Waals surface area contributed by atoms with Crippen LogP contribution in [0.3, 0.4) is 0 Å². The number of rotatable bonds is 2. The van der Waals surface area contributed by atoms with Crippen LogP contribution in [-0.2, 0) is 17.8 Å². The van der Waals surface area contributed by atoms with Crippen molar-refractivity contribution in [3.8, 4) is 11.4 Å². The lowest BCUT2D eigenvalue weighted by molar-refractivity contribution is 0.109. The maximum Gasteiger partial charge on any atom is 0.161 e. The number of nitrogens with two attached hydrogens (primary N) is 1. The summed E-state index contributed by atoms with van der Waals surface area (Å²) >= 11 is 0. The first-order valence-corrected chi connectivity index (χ1v) is 7.14. The number of benzene rings is 1. The number of hydrogen-bond acceptors (Lipinski definition) is 4. The summed E-state index contributed by atoms with van der Waals surface area (Å²) in [5.41, 5.74) is 10.5. The Morgan fingerprint density at radius 1 is 1.10 bits per heavy atom. The van der Waals surface area contributed by atoms with Gasteiger partial charge in [-0.15, -0.1) is 0 Å². The van der Waals surface area contributed by atoms with E-state index in [1.807, 2.05) is 0 Å². The molecule has 0 saturated heterocycles. The molecule has 1 fully saturated rings. The molecule has 0 spiro atoms. The second-order valence-corrected chi connectivity index (χ2v) is 5.56. The van der Waals surface area contributed by atoms with Gasteiger partial charge in [-0.1, -0.05) is 24.3 Å². The number of anilines is 1. The molecule has 2 N–H and O–H groups in total. The highest BCUT2D eigenvalue weighted by Crippen LogP contribution is 2.40. The molecule has 1 aliphatic heterocycles. The third-order valence-corrected chi connectivity index (χ3v) is 4.07. The van der Waals surface area contributed by atoms with E-state index in [0.29, 0.717) is 19.0 Å². The maximum atomic E-state index is 6.04. The van der Waals surface area contributed by atoms with Gasteiger partial charge < -0.3 is 10.5 Å². The quantitative estimate of drug-likeness (QED) is 0.908. The van der Waals surface area contributed by atoms with Crippen LogP contribution in [0.2, 0.25) is 0 Å². The molecule has 1 aromatic heterocycles. The van der Waals surface area contributed by atoms with Crippen LogP contribution in [0.1, 0.15) is 35.6 Å². The molecule has 4 nitrogen and oxygen atoms in total. The molecule has 2 aromatic rings. The first-order valence-electron chi connectivity index (χ1n) is 7.14. The molecule has 2 heterocycles. The van der Waals surface area contributed by atoms with Crippen LogP contribution >= 0.6 is 0 Å². The van der Waals surface area contributed by atoms with Crippen molar-refractivity contribution >= 4 is 5.82 Å². The van der Waals surface area contributed by atoms with Crippen molar-refractivity contribution in [1.29, 1.82) is 0 Å². The van der Waals surface area contributed by atoms with E-state index in [0.717, 1.165) is 35.0 Å². The van der Waals surface area contributed by atoms with Crippen LogP contribution in [0.25, 0.3) is 11.4 Å². The fraction of sp³-hybridized carbons (Fsp3) is 0.375. The van der Waals surface area contributed by atoms with Crippen LogP contribution in [0.15, 0.2) is 24.3 Å². The highest BCUT2D eigenvalue weighted by atomic mass is 16.5. The molecule has 20 heavy (non-hydrogen) atoms. The van der Waals surface area contributed by atoms with E-state index in [1.54, 1.807) is 0 Å². The van der Waals surface area contributed by atoms with Gasteiger partial charge >= 0.3 is 0 Å². The molecule has 0 unspecified atom stereocenters. The molecule has 0 radical (unpaired) electrons. The van der Waals surface area contributed by atoms with E-state index in [4.69, 9.17) is 10.5 Å². The molecule has 0 atom stereocenters. The number of nitrogen functional groups attached to an aromatic ring is 1. The van der Waals surface area contributed by atoms with Crippen LogP contribution in [0.4, 0.5) is 5.82 Å². The largest absolute Gasteiger partial charge is 0.383 e. The number of hydrogen-bond donors (Lipinski definition) is 1.